The monoisotopic (exact) mass is 261 g/mol. The number of aryl methyl sites for hydroxylation is 2. The van der Waals surface area contributed by atoms with Crippen molar-refractivity contribution >= 4 is 5.97 Å². The summed E-state index contributed by atoms with van der Waals surface area (Å²) < 4.78 is 4.64. The van der Waals surface area contributed by atoms with Gasteiger partial charge in [0, 0.05) is 13.0 Å². The lowest BCUT2D eigenvalue weighted by Crippen LogP contribution is -2.20. The van der Waals surface area contributed by atoms with E-state index in [-0.39, 0.29) is 5.97 Å². The minimum absolute atomic E-state index is 0.120. The molecule has 2 rings (SSSR count). The van der Waals surface area contributed by atoms with Crippen LogP contribution in [0.3, 0.4) is 0 Å². The summed E-state index contributed by atoms with van der Waals surface area (Å²) in [4.78, 5) is 13.3. The van der Waals surface area contributed by atoms with Crippen LogP contribution in [0.5, 0.6) is 0 Å². The van der Waals surface area contributed by atoms with E-state index in [0.717, 1.165) is 19.5 Å². The maximum atomic E-state index is 11.0. The van der Waals surface area contributed by atoms with Gasteiger partial charge in [-0.1, -0.05) is 18.2 Å². The molecule has 1 aromatic carbocycles. The average molecular weight is 261 g/mol. The Bertz CT molecular complexity index is 442. The maximum Gasteiger partial charge on any atom is 0.305 e. The van der Waals surface area contributed by atoms with Crippen LogP contribution in [0.25, 0.3) is 0 Å². The zero-order chi connectivity index (χ0) is 13.7. The number of ether oxygens (including phenoxy) is 1. The second-order valence-corrected chi connectivity index (χ2v) is 5.37. The number of fused-ring (bicyclic) bond motifs is 1. The van der Waals surface area contributed by atoms with Gasteiger partial charge in [0.25, 0.3) is 0 Å². The number of methoxy groups -OCH3 is 1. The highest BCUT2D eigenvalue weighted by molar-refractivity contribution is 5.69. The number of rotatable bonds is 6. The van der Waals surface area contributed by atoms with Gasteiger partial charge in [-0.3, -0.25) is 4.79 Å². The molecule has 19 heavy (non-hydrogen) atoms. The van der Waals surface area contributed by atoms with Crippen LogP contribution in [0.2, 0.25) is 0 Å². The van der Waals surface area contributed by atoms with Crippen molar-refractivity contribution in [3.8, 4) is 0 Å². The molecule has 0 amide bonds. The maximum absolute atomic E-state index is 11.0. The molecule has 0 bridgehead atoms. The topological polar surface area (TPSA) is 29.5 Å². The van der Waals surface area contributed by atoms with Crippen LogP contribution in [0, 0.1) is 0 Å². The van der Waals surface area contributed by atoms with Gasteiger partial charge in [-0.05, 0) is 56.0 Å². The van der Waals surface area contributed by atoms with Crippen LogP contribution in [-0.2, 0) is 28.9 Å². The third-order valence-corrected chi connectivity index (χ3v) is 3.76. The molecule has 0 aromatic heterocycles. The fourth-order valence-electron chi connectivity index (χ4n) is 2.71. The van der Waals surface area contributed by atoms with Gasteiger partial charge in [-0.2, -0.15) is 0 Å². The van der Waals surface area contributed by atoms with Gasteiger partial charge in [0.1, 0.15) is 0 Å². The van der Waals surface area contributed by atoms with E-state index < -0.39 is 0 Å². The molecule has 3 heteroatoms. The molecule has 0 N–H and O–H groups in total. The minimum Gasteiger partial charge on any atom is -0.469 e. The van der Waals surface area contributed by atoms with Gasteiger partial charge in [-0.15, -0.1) is 0 Å². The molecule has 0 heterocycles. The third-order valence-electron chi connectivity index (χ3n) is 3.76. The Balaban J connectivity index is 1.79. The summed E-state index contributed by atoms with van der Waals surface area (Å²) in [6.07, 6.45) is 5.13. The van der Waals surface area contributed by atoms with Gasteiger partial charge in [0.15, 0.2) is 0 Å². The summed E-state index contributed by atoms with van der Waals surface area (Å²) in [6, 6.07) is 6.86. The van der Waals surface area contributed by atoms with E-state index in [1.807, 2.05) is 0 Å². The second kappa shape index (κ2) is 6.71. The molecule has 3 nitrogen and oxygen atoms in total. The van der Waals surface area contributed by atoms with Crippen molar-refractivity contribution in [2.45, 2.75) is 38.6 Å². The Morgan fingerprint density at radius 2 is 2.11 bits per heavy atom. The summed E-state index contributed by atoms with van der Waals surface area (Å²) in [5.41, 5.74) is 4.43. The van der Waals surface area contributed by atoms with E-state index in [4.69, 9.17) is 0 Å². The molecule has 1 aliphatic rings. The molecule has 0 atom stereocenters. The summed E-state index contributed by atoms with van der Waals surface area (Å²) in [6.45, 7) is 1.88. The van der Waals surface area contributed by atoms with Gasteiger partial charge in [0.05, 0.1) is 7.11 Å². The highest BCUT2D eigenvalue weighted by Crippen LogP contribution is 2.23. The summed E-state index contributed by atoms with van der Waals surface area (Å²) >= 11 is 0. The fraction of sp³-hybridized carbons (Fsp3) is 0.562. The lowest BCUT2D eigenvalue weighted by molar-refractivity contribution is -0.140. The zero-order valence-electron chi connectivity index (χ0n) is 11.9. The smallest absolute Gasteiger partial charge is 0.305 e. The number of nitrogens with zero attached hydrogens (tertiary/aromatic N) is 1. The van der Waals surface area contributed by atoms with E-state index in [9.17, 15) is 4.79 Å². The van der Waals surface area contributed by atoms with E-state index >= 15 is 0 Å². The van der Waals surface area contributed by atoms with Crippen LogP contribution in [-0.4, -0.2) is 31.6 Å². The molecule has 0 spiro atoms. The minimum atomic E-state index is -0.120. The van der Waals surface area contributed by atoms with Gasteiger partial charge >= 0.3 is 5.97 Å². The van der Waals surface area contributed by atoms with Crippen molar-refractivity contribution < 1.29 is 9.53 Å². The lowest BCUT2D eigenvalue weighted by atomic mass is 10.1. The SMILES string of the molecule is COC(=O)CCCN(C)Cc1ccc2c(c1)CCC2. The summed E-state index contributed by atoms with van der Waals surface area (Å²) in [7, 11) is 3.54. The van der Waals surface area contributed by atoms with Crippen LogP contribution in [0.15, 0.2) is 18.2 Å². The van der Waals surface area contributed by atoms with Gasteiger partial charge in [0.2, 0.25) is 0 Å². The van der Waals surface area contributed by atoms with Crippen molar-refractivity contribution in [2.75, 3.05) is 20.7 Å². The zero-order valence-corrected chi connectivity index (χ0v) is 11.9. The molecule has 1 aromatic rings. The normalized spacial score (nSPS) is 13.6. The van der Waals surface area contributed by atoms with Crippen LogP contribution in [0.4, 0.5) is 0 Å². The van der Waals surface area contributed by atoms with E-state index in [2.05, 4.69) is 34.9 Å². The Morgan fingerprint density at radius 1 is 1.32 bits per heavy atom. The van der Waals surface area contributed by atoms with Crippen molar-refractivity contribution in [3.05, 3.63) is 34.9 Å². The number of carbonyl (C=O) groups excluding carboxylic acids is 1. The molecule has 0 aliphatic heterocycles. The number of esters is 1. The molecule has 0 unspecified atom stereocenters. The molecule has 0 fully saturated rings. The largest absolute Gasteiger partial charge is 0.469 e. The second-order valence-electron chi connectivity index (χ2n) is 5.37. The summed E-state index contributed by atoms with van der Waals surface area (Å²) in [5.74, 6) is -0.120. The molecule has 0 saturated heterocycles. The first-order valence-corrected chi connectivity index (χ1v) is 7.05. The van der Waals surface area contributed by atoms with Crippen molar-refractivity contribution in [1.82, 2.24) is 4.90 Å². The molecular weight excluding hydrogens is 238 g/mol. The number of hydrogen-bond donors (Lipinski definition) is 0. The van der Waals surface area contributed by atoms with Crippen LogP contribution in [0.1, 0.15) is 36.0 Å². The van der Waals surface area contributed by atoms with Gasteiger partial charge in [-0.25, -0.2) is 0 Å². The Hall–Kier alpha value is -1.35. The lowest BCUT2D eigenvalue weighted by Gasteiger charge is -2.17. The number of carbonyl (C=O) groups is 1. The fourth-order valence-corrected chi connectivity index (χ4v) is 2.71. The summed E-state index contributed by atoms with van der Waals surface area (Å²) in [5, 5.41) is 0. The third kappa shape index (κ3) is 4.06. The Labute approximate surface area is 115 Å². The average Bonchev–Trinajstić information content (AvgIpc) is 2.85. The Morgan fingerprint density at radius 3 is 2.89 bits per heavy atom. The number of benzene rings is 1. The van der Waals surface area contributed by atoms with Crippen LogP contribution < -0.4 is 0 Å². The highest BCUT2D eigenvalue weighted by Gasteiger charge is 2.11. The first-order chi connectivity index (χ1) is 9.19. The molecule has 104 valence electrons. The van der Waals surface area contributed by atoms with E-state index in [1.165, 1.54) is 43.1 Å². The van der Waals surface area contributed by atoms with Crippen molar-refractivity contribution in [2.24, 2.45) is 0 Å². The quantitative estimate of drug-likeness (QED) is 0.737. The van der Waals surface area contributed by atoms with E-state index in [1.54, 1.807) is 0 Å². The van der Waals surface area contributed by atoms with Gasteiger partial charge < -0.3 is 9.64 Å². The highest BCUT2D eigenvalue weighted by atomic mass is 16.5. The number of hydrogen-bond acceptors (Lipinski definition) is 3. The van der Waals surface area contributed by atoms with Crippen molar-refractivity contribution in [3.63, 3.8) is 0 Å². The molecule has 0 saturated carbocycles. The predicted octanol–water partition coefficient (Wildman–Crippen LogP) is 2.56. The molecule has 1 aliphatic carbocycles. The standard InChI is InChI=1S/C16H23NO2/c1-17(10-4-7-16(18)19-2)12-13-8-9-14-5-3-6-15(14)11-13/h8-9,11H,3-7,10,12H2,1-2H3. The predicted molar refractivity (Wildman–Crippen MR) is 76.1 cm³/mol. The first-order valence-electron chi connectivity index (χ1n) is 7.05. The molecule has 0 radical (unpaired) electrons. The van der Waals surface area contributed by atoms with Crippen LogP contribution >= 0.6 is 0 Å². The van der Waals surface area contributed by atoms with Crippen molar-refractivity contribution in [1.29, 1.82) is 0 Å². The Kier molecular flexibility index (Phi) is 4.97. The first kappa shape index (κ1) is 14.1. The molecular formula is C16H23NO2. The van der Waals surface area contributed by atoms with E-state index in [0.29, 0.717) is 6.42 Å².